The monoisotopic (exact) mass is 399 g/mol. The Kier molecular flexibility index (Phi) is 8.07. The standard InChI is InChI=1S/C10H19NO.C9H8BrFO/c1-8(2)10-4-6-11(7-5-10)9(3)12;1-5-3-7(6(2)12)9(11)4-8(5)10/h8,10H,4-7H2,1-3H3;3-4H,1-2H3. The average Bonchev–Trinajstić information content (AvgIpc) is 2.51. The fourth-order valence-corrected chi connectivity index (χ4v) is 3.12. The number of Topliss-reactive ketones (excluding diaryl/α,β-unsaturated/α-hetero) is 1. The number of amides is 1. The van der Waals surface area contributed by atoms with Crippen LogP contribution in [0.5, 0.6) is 0 Å². The van der Waals surface area contributed by atoms with Gasteiger partial charge in [0.2, 0.25) is 5.91 Å². The molecule has 1 heterocycles. The van der Waals surface area contributed by atoms with Crippen molar-refractivity contribution < 1.29 is 14.0 Å². The van der Waals surface area contributed by atoms with E-state index >= 15 is 0 Å². The van der Waals surface area contributed by atoms with Gasteiger partial charge in [0.15, 0.2) is 5.78 Å². The average molecular weight is 400 g/mol. The number of carbonyl (C=O) groups excluding carboxylic acids is 2. The van der Waals surface area contributed by atoms with Gasteiger partial charge in [0.1, 0.15) is 5.82 Å². The molecule has 3 nitrogen and oxygen atoms in total. The van der Waals surface area contributed by atoms with Crippen LogP contribution in [-0.2, 0) is 4.79 Å². The molecule has 0 saturated carbocycles. The van der Waals surface area contributed by atoms with Crippen LogP contribution in [0.25, 0.3) is 0 Å². The van der Waals surface area contributed by atoms with Gasteiger partial charge in [0.05, 0.1) is 5.56 Å². The van der Waals surface area contributed by atoms with Crippen molar-refractivity contribution in [1.29, 1.82) is 0 Å². The number of nitrogens with zero attached hydrogens (tertiary/aromatic N) is 1. The highest BCUT2D eigenvalue weighted by Crippen LogP contribution is 2.24. The van der Waals surface area contributed by atoms with E-state index in [1.54, 1.807) is 13.0 Å². The first-order valence-corrected chi connectivity index (χ1v) is 9.14. The highest BCUT2D eigenvalue weighted by atomic mass is 79.9. The summed E-state index contributed by atoms with van der Waals surface area (Å²) in [5.41, 5.74) is 1.01. The van der Waals surface area contributed by atoms with Crippen LogP contribution in [0.1, 0.15) is 56.5 Å². The molecule has 1 aromatic carbocycles. The first kappa shape index (κ1) is 20.8. The van der Waals surface area contributed by atoms with E-state index in [9.17, 15) is 14.0 Å². The van der Waals surface area contributed by atoms with Gasteiger partial charge in [0.25, 0.3) is 0 Å². The van der Waals surface area contributed by atoms with Crippen LogP contribution >= 0.6 is 15.9 Å². The molecular formula is C19H27BrFNO2. The maximum atomic E-state index is 13.0. The quantitative estimate of drug-likeness (QED) is 0.656. The number of hydrogen-bond acceptors (Lipinski definition) is 2. The number of hydrogen-bond donors (Lipinski definition) is 0. The molecule has 2 rings (SSSR count). The minimum absolute atomic E-state index is 0.149. The van der Waals surface area contributed by atoms with Crippen LogP contribution < -0.4 is 0 Å². The zero-order valence-electron chi connectivity index (χ0n) is 15.2. The summed E-state index contributed by atoms with van der Waals surface area (Å²) in [6.07, 6.45) is 2.38. The molecule has 0 radical (unpaired) electrons. The van der Waals surface area contributed by atoms with Gasteiger partial charge in [-0.2, -0.15) is 0 Å². The summed E-state index contributed by atoms with van der Waals surface area (Å²) in [6, 6.07) is 2.85. The number of rotatable bonds is 2. The molecule has 5 heteroatoms. The number of piperidine rings is 1. The van der Waals surface area contributed by atoms with Gasteiger partial charge in [-0.25, -0.2) is 4.39 Å². The molecular weight excluding hydrogens is 373 g/mol. The Balaban J connectivity index is 0.000000240. The van der Waals surface area contributed by atoms with Gasteiger partial charge in [0, 0.05) is 24.5 Å². The molecule has 0 spiro atoms. The SMILES string of the molecule is CC(=O)N1CCC(C(C)C)CC1.CC(=O)c1cc(C)c(Br)cc1F. The maximum Gasteiger partial charge on any atom is 0.219 e. The number of carbonyl (C=O) groups is 2. The third-order valence-electron chi connectivity index (χ3n) is 4.56. The van der Waals surface area contributed by atoms with Gasteiger partial charge in [-0.05, 0) is 56.2 Å². The van der Waals surface area contributed by atoms with Crippen molar-refractivity contribution in [3.05, 3.63) is 33.5 Å². The fraction of sp³-hybridized carbons (Fsp3) is 0.579. The molecule has 24 heavy (non-hydrogen) atoms. The minimum Gasteiger partial charge on any atom is -0.343 e. The Hall–Kier alpha value is -1.23. The van der Waals surface area contributed by atoms with Crippen LogP contribution in [0.2, 0.25) is 0 Å². The molecule has 0 N–H and O–H groups in total. The van der Waals surface area contributed by atoms with Crippen molar-refractivity contribution in [1.82, 2.24) is 4.90 Å². The topological polar surface area (TPSA) is 37.4 Å². The predicted octanol–water partition coefficient (Wildman–Crippen LogP) is 5.00. The summed E-state index contributed by atoms with van der Waals surface area (Å²) in [7, 11) is 0. The second kappa shape index (κ2) is 9.30. The zero-order chi connectivity index (χ0) is 18.4. The van der Waals surface area contributed by atoms with Gasteiger partial charge in [-0.1, -0.05) is 29.8 Å². The molecule has 1 fully saturated rings. The summed E-state index contributed by atoms with van der Waals surface area (Å²) in [6.45, 7) is 11.3. The number of halogens is 2. The molecule has 1 saturated heterocycles. The van der Waals surface area contributed by atoms with Crippen molar-refractivity contribution in [3.8, 4) is 0 Å². The van der Waals surface area contributed by atoms with E-state index in [1.165, 1.54) is 25.8 Å². The Morgan fingerprint density at radius 3 is 2.17 bits per heavy atom. The molecule has 1 amide bonds. The molecule has 0 atom stereocenters. The van der Waals surface area contributed by atoms with E-state index < -0.39 is 5.82 Å². The number of ketones is 1. The molecule has 1 aliphatic heterocycles. The smallest absolute Gasteiger partial charge is 0.219 e. The molecule has 0 aromatic heterocycles. The Morgan fingerprint density at radius 2 is 1.75 bits per heavy atom. The van der Waals surface area contributed by atoms with Crippen molar-refractivity contribution in [2.45, 2.75) is 47.5 Å². The fourth-order valence-electron chi connectivity index (χ4n) is 2.81. The second-order valence-corrected chi connectivity index (χ2v) is 7.58. The lowest BCUT2D eigenvalue weighted by Gasteiger charge is -2.33. The van der Waals surface area contributed by atoms with E-state index in [0.29, 0.717) is 4.47 Å². The van der Waals surface area contributed by atoms with Crippen LogP contribution in [0.3, 0.4) is 0 Å². The van der Waals surface area contributed by atoms with Crippen molar-refractivity contribution >= 4 is 27.6 Å². The van der Waals surface area contributed by atoms with E-state index in [4.69, 9.17) is 0 Å². The van der Waals surface area contributed by atoms with Crippen LogP contribution in [0.4, 0.5) is 4.39 Å². The lowest BCUT2D eigenvalue weighted by atomic mass is 9.87. The van der Waals surface area contributed by atoms with Crippen molar-refractivity contribution in [2.24, 2.45) is 11.8 Å². The summed E-state index contributed by atoms with van der Waals surface area (Å²) >= 11 is 3.18. The van der Waals surface area contributed by atoms with Crippen LogP contribution in [0.15, 0.2) is 16.6 Å². The Labute approximate surface area is 152 Å². The van der Waals surface area contributed by atoms with Gasteiger partial charge in [-0.3, -0.25) is 9.59 Å². The second-order valence-electron chi connectivity index (χ2n) is 6.72. The third-order valence-corrected chi connectivity index (χ3v) is 5.41. The highest BCUT2D eigenvalue weighted by molar-refractivity contribution is 9.10. The lowest BCUT2D eigenvalue weighted by molar-refractivity contribution is -0.130. The van der Waals surface area contributed by atoms with E-state index in [1.807, 2.05) is 11.8 Å². The molecule has 0 bridgehead atoms. The number of aryl methyl sites for hydroxylation is 1. The molecule has 0 aliphatic carbocycles. The zero-order valence-corrected chi connectivity index (χ0v) is 16.7. The minimum atomic E-state index is -0.472. The van der Waals surface area contributed by atoms with E-state index in [2.05, 4.69) is 29.8 Å². The summed E-state index contributed by atoms with van der Waals surface area (Å²) < 4.78 is 13.7. The lowest BCUT2D eigenvalue weighted by Crippen LogP contribution is -2.38. The normalized spacial score (nSPS) is 15.1. The van der Waals surface area contributed by atoms with Crippen molar-refractivity contribution in [3.63, 3.8) is 0 Å². The Bertz CT molecular complexity index is 593. The maximum absolute atomic E-state index is 13.0. The summed E-state index contributed by atoms with van der Waals surface area (Å²) in [5.74, 6) is 1.12. The first-order chi connectivity index (χ1) is 11.1. The van der Waals surface area contributed by atoms with Crippen LogP contribution in [-0.4, -0.2) is 29.7 Å². The first-order valence-electron chi connectivity index (χ1n) is 8.35. The largest absolute Gasteiger partial charge is 0.343 e. The summed E-state index contributed by atoms with van der Waals surface area (Å²) in [4.78, 5) is 23.8. The van der Waals surface area contributed by atoms with Crippen molar-refractivity contribution in [2.75, 3.05) is 13.1 Å². The van der Waals surface area contributed by atoms with Gasteiger partial charge < -0.3 is 4.90 Å². The van der Waals surface area contributed by atoms with Gasteiger partial charge in [-0.15, -0.1) is 0 Å². The Morgan fingerprint density at radius 1 is 1.21 bits per heavy atom. The van der Waals surface area contributed by atoms with Gasteiger partial charge >= 0.3 is 0 Å². The van der Waals surface area contributed by atoms with E-state index in [0.717, 1.165) is 30.5 Å². The number of likely N-dealkylation sites (tertiary alicyclic amines) is 1. The molecule has 134 valence electrons. The highest BCUT2D eigenvalue weighted by Gasteiger charge is 2.22. The predicted molar refractivity (Wildman–Crippen MR) is 98.7 cm³/mol. The van der Waals surface area contributed by atoms with Crippen LogP contribution in [0, 0.1) is 24.6 Å². The molecule has 1 aliphatic rings. The number of benzene rings is 1. The molecule has 1 aromatic rings. The third kappa shape index (κ3) is 6.00. The summed E-state index contributed by atoms with van der Waals surface area (Å²) in [5, 5.41) is 0. The van der Waals surface area contributed by atoms with E-state index in [-0.39, 0.29) is 17.3 Å². The molecule has 0 unspecified atom stereocenters.